The largest absolute Gasteiger partial charge is 0.332 e. The molecule has 2 aromatic rings. The second-order valence-corrected chi connectivity index (χ2v) is 5.49. The van der Waals surface area contributed by atoms with Crippen LogP contribution in [0.2, 0.25) is 0 Å². The fraction of sp³-hybridized carbons (Fsp3) is 0.222. The number of para-hydroxylation sites is 1. The number of rotatable bonds is 4. The molecule has 0 aliphatic rings. The lowest BCUT2D eigenvalue weighted by molar-refractivity contribution is -0.116. The van der Waals surface area contributed by atoms with Gasteiger partial charge in [0.2, 0.25) is 5.91 Å². The van der Waals surface area contributed by atoms with Crippen molar-refractivity contribution in [3.05, 3.63) is 65.0 Å². The summed E-state index contributed by atoms with van der Waals surface area (Å²) in [4.78, 5) is 25.6. The van der Waals surface area contributed by atoms with E-state index in [1.54, 1.807) is 0 Å². The summed E-state index contributed by atoms with van der Waals surface area (Å²) in [5, 5.41) is 2.82. The zero-order valence-electron chi connectivity index (χ0n) is 13.4. The van der Waals surface area contributed by atoms with Crippen LogP contribution in [0.5, 0.6) is 0 Å². The Morgan fingerprint density at radius 1 is 1.09 bits per heavy atom. The molecule has 2 amide bonds. The van der Waals surface area contributed by atoms with Gasteiger partial charge in [0.1, 0.15) is 5.82 Å². The molecular formula is C18H19FN2O2. The van der Waals surface area contributed by atoms with Gasteiger partial charge in [-0.25, -0.2) is 4.39 Å². The van der Waals surface area contributed by atoms with Gasteiger partial charge < -0.3 is 10.2 Å². The van der Waals surface area contributed by atoms with Gasteiger partial charge in [0, 0.05) is 18.3 Å². The highest BCUT2D eigenvalue weighted by molar-refractivity contribution is 5.99. The van der Waals surface area contributed by atoms with E-state index in [-0.39, 0.29) is 18.0 Å². The number of nitrogens with zero attached hydrogens (tertiary/aromatic N) is 1. The molecule has 0 saturated carbocycles. The first-order chi connectivity index (χ1) is 10.9. The van der Waals surface area contributed by atoms with E-state index in [9.17, 15) is 14.0 Å². The number of nitrogens with one attached hydrogen (secondary N) is 1. The Kier molecular flexibility index (Phi) is 5.11. The number of hydrogen-bond acceptors (Lipinski definition) is 2. The van der Waals surface area contributed by atoms with E-state index >= 15 is 0 Å². The smallest absolute Gasteiger partial charge is 0.254 e. The molecule has 4 nitrogen and oxygen atoms in total. The van der Waals surface area contributed by atoms with Gasteiger partial charge in [-0.3, -0.25) is 9.59 Å². The van der Waals surface area contributed by atoms with Crippen LogP contribution in [0.4, 0.5) is 10.1 Å². The lowest BCUT2D eigenvalue weighted by Crippen LogP contribution is -2.35. The molecule has 0 fully saturated rings. The first-order valence-corrected chi connectivity index (χ1v) is 7.25. The topological polar surface area (TPSA) is 49.4 Å². The Labute approximate surface area is 134 Å². The van der Waals surface area contributed by atoms with E-state index in [2.05, 4.69) is 5.32 Å². The lowest BCUT2D eigenvalue weighted by atomic mass is 10.1. The van der Waals surface area contributed by atoms with Crippen LogP contribution >= 0.6 is 0 Å². The van der Waals surface area contributed by atoms with Crippen molar-refractivity contribution in [1.82, 2.24) is 4.90 Å². The summed E-state index contributed by atoms with van der Waals surface area (Å²) in [5.74, 6) is -1.18. The van der Waals surface area contributed by atoms with Crippen LogP contribution in [-0.4, -0.2) is 30.3 Å². The molecule has 2 aromatic carbocycles. The molecule has 23 heavy (non-hydrogen) atoms. The molecule has 0 saturated heterocycles. The fourth-order valence-electron chi connectivity index (χ4n) is 2.32. The predicted molar refractivity (Wildman–Crippen MR) is 87.9 cm³/mol. The molecule has 0 unspecified atom stereocenters. The summed E-state index contributed by atoms with van der Waals surface area (Å²) in [6.07, 6.45) is 0. The SMILES string of the molecule is Cc1cccc(C)c1NC(=O)CN(C)C(=O)c1cccc(F)c1. The van der Waals surface area contributed by atoms with Gasteiger partial charge in [0.05, 0.1) is 6.54 Å². The minimum atomic E-state index is -0.482. The van der Waals surface area contributed by atoms with Crippen molar-refractivity contribution >= 4 is 17.5 Å². The van der Waals surface area contributed by atoms with Crippen LogP contribution in [0, 0.1) is 19.7 Å². The maximum Gasteiger partial charge on any atom is 0.254 e. The highest BCUT2D eigenvalue weighted by atomic mass is 19.1. The van der Waals surface area contributed by atoms with Gasteiger partial charge in [-0.05, 0) is 43.2 Å². The highest BCUT2D eigenvalue weighted by Gasteiger charge is 2.16. The first kappa shape index (κ1) is 16.7. The average molecular weight is 314 g/mol. The van der Waals surface area contributed by atoms with Crippen molar-refractivity contribution in [2.24, 2.45) is 0 Å². The quantitative estimate of drug-likeness (QED) is 0.942. The number of aryl methyl sites for hydroxylation is 2. The minimum absolute atomic E-state index is 0.108. The summed E-state index contributed by atoms with van der Waals surface area (Å²) in [5.41, 5.74) is 2.88. The molecule has 120 valence electrons. The predicted octanol–water partition coefficient (Wildman–Crippen LogP) is 3.15. The third-order valence-electron chi connectivity index (χ3n) is 3.54. The maximum atomic E-state index is 13.2. The molecule has 0 radical (unpaired) electrons. The van der Waals surface area contributed by atoms with Crippen molar-refractivity contribution in [2.75, 3.05) is 18.9 Å². The van der Waals surface area contributed by atoms with Crippen molar-refractivity contribution < 1.29 is 14.0 Å². The first-order valence-electron chi connectivity index (χ1n) is 7.25. The standard InChI is InChI=1S/C18H19FN2O2/c1-12-6-4-7-13(2)17(12)20-16(22)11-21(3)18(23)14-8-5-9-15(19)10-14/h4-10H,11H2,1-3H3,(H,20,22). The summed E-state index contributed by atoms with van der Waals surface area (Å²) in [6, 6.07) is 11.1. The van der Waals surface area contributed by atoms with Crippen LogP contribution in [0.1, 0.15) is 21.5 Å². The van der Waals surface area contributed by atoms with Gasteiger partial charge in [0.15, 0.2) is 0 Å². The van der Waals surface area contributed by atoms with Gasteiger partial charge in [-0.1, -0.05) is 24.3 Å². The third kappa shape index (κ3) is 4.16. The zero-order valence-corrected chi connectivity index (χ0v) is 13.4. The van der Waals surface area contributed by atoms with Gasteiger partial charge in [-0.15, -0.1) is 0 Å². The number of hydrogen-bond donors (Lipinski definition) is 1. The second-order valence-electron chi connectivity index (χ2n) is 5.49. The monoisotopic (exact) mass is 314 g/mol. The number of likely N-dealkylation sites (N-methyl/N-ethyl adjacent to an activating group) is 1. The number of benzene rings is 2. The molecule has 2 rings (SSSR count). The zero-order chi connectivity index (χ0) is 17.0. The van der Waals surface area contributed by atoms with E-state index in [0.29, 0.717) is 0 Å². The molecule has 0 aliphatic carbocycles. The average Bonchev–Trinajstić information content (AvgIpc) is 2.50. The highest BCUT2D eigenvalue weighted by Crippen LogP contribution is 2.19. The lowest BCUT2D eigenvalue weighted by Gasteiger charge is -2.18. The Bertz CT molecular complexity index is 723. The molecule has 5 heteroatoms. The van der Waals surface area contributed by atoms with Gasteiger partial charge in [0.25, 0.3) is 5.91 Å². The Balaban J connectivity index is 2.04. The number of anilines is 1. The molecule has 0 atom stereocenters. The van der Waals surface area contributed by atoms with E-state index < -0.39 is 11.7 Å². The van der Waals surface area contributed by atoms with Crippen molar-refractivity contribution in [2.45, 2.75) is 13.8 Å². The van der Waals surface area contributed by atoms with Crippen molar-refractivity contribution in [1.29, 1.82) is 0 Å². The molecule has 0 aliphatic heterocycles. The Morgan fingerprint density at radius 2 is 1.70 bits per heavy atom. The number of carbonyl (C=O) groups excluding carboxylic acids is 2. The van der Waals surface area contributed by atoms with Crippen molar-refractivity contribution in [3.8, 4) is 0 Å². The summed E-state index contributed by atoms with van der Waals surface area (Å²) in [6.45, 7) is 3.71. The summed E-state index contributed by atoms with van der Waals surface area (Å²) in [7, 11) is 1.51. The van der Waals surface area contributed by atoms with Crippen LogP contribution in [0.25, 0.3) is 0 Å². The Morgan fingerprint density at radius 3 is 2.30 bits per heavy atom. The second kappa shape index (κ2) is 7.05. The molecular weight excluding hydrogens is 295 g/mol. The number of halogens is 1. The third-order valence-corrected chi connectivity index (χ3v) is 3.54. The van der Waals surface area contributed by atoms with E-state index in [1.807, 2.05) is 32.0 Å². The Hall–Kier alpha value is -2.69. The van der Waals surface area contributed by atoms with Crippen LogP contribution in [0.15, 0.2) is 42.5 Å². The number of amides is 2. The summed E-state index contributed by atoms with van der Waals surface area (Å²) < 4.78 is 13.2. The normalized spacial score (nSPS) is 10.3. The van der Waals surface area contributed by atoms with Gasteiger partial charge >= 0.3 is 0 Å². The minimum Gasteiger partial charge on any atom is -0.332 e. The van der Waals surface area contributed by atoms with E-state index in [1.165, 1.54) is 30.1 Å². The van der Waals surface area contributed by atoms with Crippen molar-refractivity contribution in [3.63, 3.8) is 0 Å². The van der Waals surface area contributed by atoms with Crippen LogP contribution in [-0.2, 0) is 4.79 Å². The fourth-order valence-corrected chi connectivity index (χ4v) is 2.32. The van der Waals surface area contributed by atoms with E-state index in [0.717, 1.165) is 22.9 Å². The molecule has 1 N–H and O–H groups in total. The molecule has 0 spiro atoms. The molecule has 0 bridgehead atoms. The van der Waals surface area contributed by atoms with E-state index in [4.69, 9.17) is 0 Å². The van der Waals surface area contributed by atoms with Crippen LogP contribution in [0.3, 0.4) is 0 Å². The molecule has 0 heterocycles. The van der Waals surface area contributed by atoms with Gasteiger partial charge in [-0.2, -0.15) is 0 Å². The maximum absolute atomic E-state index is 13.2. The number of carbonyl (C=O) groups is 2. The summed E-state index contributed by atoms with van der Waals surface area (Å²) >= 11 is 0. The van der Waals surface area contributed by atoms with Crippen LogP contribution < -0.4 is 5.32 Å². The molecule has 0 aromatic heterocycles.